The predicted molar refractivity (Wildman–Crippen MR) is 93.1 cm³/mol. The minimum Gasteiger partial charge on any atom is -0.481 e. The van der Waals surface area contributed by atoms with Crippen LogP contribution < -0.4 is 0 Å². The maximum absolute atomic E-state index is 12.3. The van der Waals surface area contributed by atoms with E-state index in [0.717, 1.165) is 64.2 Å². The van der Waals surface area contributed by atoms with E-state index >= 15 is 0 Å². The molecule has 25 heavy (non-hydrogen) atoms. The lowest BCUT2D eigenvalue weighted by atomic mass is 9.75. The largest absolute Gasteiger partial charge is 0.481 e. The highest BCUT2D eigenvalue weighted by Crippen LogP contribution is 2.44. The summed E-state index contributed by atoms with van der Waals surface area (Å²) in [6.45, 7) is 5.80. The molecule has 3 fully saturated rings. The summed E-state index contributed by atoms with van der Waals surface area (Å²) in [5, 5.41) is 10.1. The number of hydrogen-bond donors (Lipinski definition) is 1. The molecule has 4 heterocycles. The zero-order chi connectivity index (χ0) is 17.3. The molecule has 0 saturated carbocycles. The number of aliphatic carboxylic acids is 1. The molecule has 0 spiro atoms. The molecule has 136 valence electrons. The molecule has 0 amide bonds. The third kappa shape index (κ3) is 3.30. The van der Waals surface area contributed by atoms with Crippen LogP contribution in [0.4, 0.5) is 0 Å². The van der Waals surface area contributed by atoms with Gasteiger partial charge in [0.2, 0.25) is 0 Å². The maximum Gasteiger partial charge on any atom is 0.311 e. The number of carboxylic acid groups (broad SMARTS) is 1. The van der Waals surface area contributed by atoms with Crippen molar-refractivity contribution in [3.8, 4) is 0 Å². The van der Waals surface area contributed by atoms with E-state index in [1.54, 1.807) is 6.20 Å². The van der Waals surface area contributed by atoms with Crippen molar-refractivity contribution in [1.82, 2.24) is 14.8 Å². The Kier molecular flexibility index (Phi) is 4.75. The summed E-state index contributed by atoms with van der Waals surface area (Å²) < 4.78 is 5.56. The van der Waals surface area contributed by atoms with Gasteiger partial charge in [-0.3, -0.25) is 19.6 Å². The Morgan fingerprint density at radius 1 is 1.44 bits per heavy atom. The number of fused-ring (bicyclic) bond motifs is 1. The zero-order valence-electron chi connectivity index (χ0n) is 14.6. The number of aromatic nitrogens is 1. The van der Waals surface area contributed by atoms with E-state index in [2.05, 4.69) is 20.9 Å². The van der Waals surface area contributed by atoms with Crippen molar-refractivity contribution in [3.05, 3.63) is 30.1 Å². The summed E-state index contributed by atoms with van der Waals surface area (Å²) >= 11 is 0. The van der Waals surface area contributed by atoms with Gasteiger partial charge in [-0.1, -0.05) is 6.07 Å². The van der Waals surface area contributed by atoms with Crippen LogP contribution >= 0.6 is 0 Å². The van der Waals surface area contributed by atoms with Crippen molar-refractivity contribution in [2.45, 2.75) is 31.8 Å². The van der Waals surface area contributed by atoms with Gasteiger partial charge in [-0.2, -0.15) is 0 Å². The van der Waals surface area contributed by atoms with Crippen molar-refractivity contribution in [2.24, 2.45) is 11.3 Å². The fraction of sp³-hybridized carbons (Fsp3) is 0.684. The highest BCUT2D eigenvalue weighted by molar-refractivity contribution is 5.76. The van der Waals surface area contributed by atoms with Gasteiger partial charge in [0.1, 0.15) is 0 Å². The standard InChI is InChI=1S/C19H27N3O3/c23-18(24)19-5-2-7-22(17-4-8-25-13-17)12-16(19)11-21(14-19)10-15-3-1-6-20-9-15/h1,3,6,9,16-17H,2,4-5,7-8,10-14H2,(H,23,24)/t16-,17-,19+/m1/s1. The Bertz CT molecular complexity index is 605. The predicted octanol–water partition coefficient (Wildman–Crippen LogP) is 1.47. The van der Waals surface area contributed by atoms with E-state index in [9.17, 15) is 9.90 Å². The molecule has 0 aromatic carbocycles. The van der Waals surface area contributed by atoms with Crippen molar-refractivity contribution in [3.63, 3.8) is 0 Å². The second kappa shape index (κ2) is 7.02. The molecule has 0 bridgehead atoms. The molecule has 1 aromatic rings. The van der Waals surface area contributed by atoms with E-state index in [0.29, 0.717) is 12.6 Å². The summed E-state index contributed by atoms with van der Waals surface area (Å²) in [5.41, 5.74) is 0.553. The average molecular weight is 345 g/mol. The summed E-state index contributed by atoms with van der Waals surface area (Å²) in [5.74, 6) is -0.430. The van der Waals surface area contributed by atoms with Crippen LogP contribution in [0.15, 0.2) is 24.5 Å². The van der Waals surface area contributed by atoms with E-state index in [1.807, 2.05) is 12.3 Å². The number of nitrogens with zero attached hydrogens (tertiary/aromatic N) is 3. The molecule has 6 heteroatoms. The summed E-state index contributed by atoms with van der Waals surface area (Å²) in [6, 6.07) is 4.48. The van der Waals surface area contributed by atoms with Crippen LogP contribution in [0.25, 0.3) is 0 Å². The number of rotatable bonds is 4. The molecular formula is C19H27N3O3. The third-order valence-electron chi connectivity index (χ3n) is 6.27. The first kappa shape index (κ1) is 16.9. The minimum absolute atomic E-state index is 0.185. The van der Waals surface area contributed by atoms with Gasteiger partial charge in [-0.05, 0) is 37.4 Å². The van der Waals surface area contributed by atoms with E-state index in [-0.39, 0.29) is 5.92 Å². The second-order valence-electron chi connectivity index (χ2n) is 7.81. The molecule has 3 aliphatic heterocycles. The molecule has 4 rings (SSSR count). The highest BCUT2D eigenvalue weighted by atomic mass is 16.5. The number of hydrogen-bond acceptors (Lipinski definition) is 5. The van der Waals surface area contributed by atoms with Crippen LogP contribution in [0.1, 0.15) is 24.8 Å². The van der Waals surface area contributed by atoms with Gasteiger partial charge in [0.15, 0.2) is 0 Å². The molecule has 6 nitrogen and oxygen atoms in total. The van der Waals surface area contributed by atoms with Crippen molar-refractivity contribution < 1.29 is 14.6 Å². The van der Waals surface area contributed by atoms with Crippen LogP contribution in [0.3, 0.4) is 0 Å². The zero-order valence-corrected chi connectivity index (χ0v) is 14.6. The van der Waals surface area contributed by atoms with E-state index in [4.69, 9.17) is 4.74 Å². The van der Waals surface area contributed by atoms with E-state index in [1.165, 1.54) is 0 Å². The lowest BCUT2D eigenvalue weighted by Crippen LogP contribution is -2.44. The molecular weight excluding hydrogens is 318 g/mol. The molecule has 3 atom stereocenters. The van der Waals surface area contributed by atoms with Gasteiger partial charge >= 0.3 is 5.97 Å². The van der Waals surface area contributed by atoms with Gasteiger partial charge < -0.3 is 9.84 Å². The molecule has 0 unspecified atom stereocenters. The number of likely N-dealkylation sites (tertiary alicyclic amines) is 2. The molecule has 0 radical (unpaired) electrons. The molecule has 1 N–H and O–H groups in total. The van der Waals surface area contributed by atoms with Crippen LogP contribution in [-0.2, 0) is 16.1 Å². The lowest BCUT2D eigenvalue weighted by Gasteiger charge is -2.31. The minimum atomic E-state index is -0.615. The summed E-state index contributed by atoms with van der Waals surface area (Å²) in [4.78, 5) is 21.2. The monoisotopic (exact) mass is 345 g/mol. The Morgan fingerprint density at radius 3 is 3.08 bits per heavy atom. The Hall–Kier alpha value is -1.50. The maximum atomic E-state index is 12.3. The fourth-order valence-corrected chi connectivity index (χ4v) is 4.93. The molecule has 0 aliphatic carbocycles. The SMILES string of the molecule is O=C(O)[C@]12CCCN([C@@H]3CCOC3)C[C@H]1CN(Cc1cccnc1)C2. The van der Waals surface area contributed by atoms with Gasteiger partial charge in [-0.15, -0.1) is 0 Å². The van der Waals surface area contributed by atoms with Crippen molar-refractivity contribution in [1.29, 1.82) is 0 Å². The first-order valence-electron chi connectivity index (χ1n) is 9.34. The molecule has 3 saturated heterocycles. The van der Waals surface area contributed by atoms with Crippen LogP contribution in [-0.4, -0.2) is 71.3 Å². The number of carboxylic acids is 1. The quantitative estimate of drug-likeness (QED) is 0.891. The van der Waals surface area contributed by atoms with Crippen LogP contribution in [0.5, 0.6) is 0 Å². The Labute approximate surface area is 148 Å². The first-order chi connectivity index (χ1) is 12.2. The van der Waals surface area contributed by atoms with E-state index < -0.39 is 11.4 Å². The van der Waals surface area contributed by atoms with Crippen molar-refractivity contribution in [2.75, 3.05) is 39.4 Å². The number of carbonyl (C=O) groups is 1. The number of ether oxygens (including phenoxy) is 1. The number of pyridine rings is 1. The Morgan fingerprint density at radius 2 is 2.36 bits per heavy atom. The van der Waals surface area contributed by atoms with Crippen LogP contribution in [0, 0.1) is 11.3 Å². The fourth-order valence-electron chi connectivity index (χ4n) is 4.93. The van der Waals surface area contributed by atoms with Gasteiger partial charge in [0.05, 0.1) is 12.0 Å². The smallest absolute Gasteiger partial charge is 0.311 e. The highest BCUT2D eigenvalue weighted by Gasteiger charge is 2.53. The average Bonchev–Trinajstić information content (AvgIpc) is 3.21. The normalized spacial score (nSPS) is 33.9. The van der Waals surface area contributed by atoms with Gasteiger partial charge in [-0.25, -0.2) is 0 Å². The lowest BCUT2D eigenvalue weighted by molar-refractivity contribution is -0.151. The summed E-state index contributed by atoms with van der Waals surface area (Å²) in [6.07, 6.45) is 6.47. The first-order valence-corrected chi connectivity index (χ1v) is 9.34. The van der Waals surface area contributed by atoms with Crippen molar-refractivity contribution >= 4 is 5.97 Å². The topological polar surface area (TPSA) is 65.9 Å². The third-order valence-corrected chi connectivity index (χ3v) is 6.27. The van der Waals surface area contributed by atoms with Crippen LogP contribution in [0.2, 0.25) is 0 Å². The van der Waals surface area contributed by atoms with Gasteiger partial charge in [0, 0.05) is 57.1 Å². The van der Waals surface area contributed by atoms with Gasteiger partial charge in [0.25, 0.3) is 0 Å². The molecule has 3 aliphatic rings. The molecule has 1 aromatic heterocycles. The second-order valence-corrected chi connectivity index (χ2v) is 7.81. The summed E-state index contributed by atoms with van der Waals surface area (Å²) in [7, 11) is 0. The Balaban J connectivity index is 1.51.